The zero-order valence-electron chi connectivity index (χ0n) is 26.7. The number of amides is 3. The largest absolute Gasteiger partial charge is 0.394 e. The minimum atomic E-state index is -1.76. The second-order valence-corrected chi connectivity index (χ2v) is 14.4. The van der Waals surface area contributed by atoms with Crippen LogP contribution in [0.25, 0.3) is 0 Å². The number of hydrogen-bond donors (Lipinski definition) is 7. The molecule has 3 amide bonds. The number of hydrogen-bond acceptors (Lipinski definition) is 10. The monoisotopic (exact) mass is 725 g/mol. The third-order valence-corrected chi connectivity index (χ3v) is 10.9. The van der Waals surface area contributed by atoms with Crippen molar-refractivity contribution < 1.29 is 35.1 Å². The van der Waals surface area contributed by atoms with Gasteiger partial charge in [0.25, 0.3) is 0 Å². The number of fused-ring (bicyclic) bond motifs is 1. The molecule has 5 rings (SSSR count). The molecule has 15 heteroatoms. The van der Waals surface area contributed by atoms with Crippen molar-refractivity contribution >= 4 is 58.3 Å². The summed E-state index contributed by atoms with van der Waals surface area (Å²) in [6.07, 6.45) is -2.23. The van der Waals surface area contributed by atoms with Crippen LogP contribution in [0.4, 0.5) is 16.2 Å². The molecule has 3 aliphatic rings. The summed E-state index contributed by atoms with van der Waals surface area (Å²) in [5, 5.41) is 53.9. The first-order valence-corrected chi connectivity index (χ1v) is 18.3. The Morgan fingerprint density at radius 1 is 0.917 bits per heavy atom. The summed E-state index contributed by atoms with van der Waals surface area (Å²) < 4.78 is 0. The van der Waals surface area contributed by atoms with Crippen LogP contribution in [0.3, 0.4) is 0 Å². The topological polar surface area (TPSA) is 169 Å². The fourth-order valence-corrected chi connectivity index (χ4v) is 7.88. The average molecular weight is 727 g/mol. The Hall–Kier alpha value is -2.33. The Kier molecular flexibility index (Phi) is 13.1. The van der Waals surface area contributed by atoms with E-state index in [1.165, 1.54) is 12.8 Å². The second-order valence-electron chi connectivity index (χ2n) is 12.6. The van der Waals surface area contributed by atoms with Gasteiger partial charge in [-0.1, -0.05) is 35.3 Å². The number of para-hydroxylation sites is 2. The molecule has 5 atom stereocenters. The molecule has 0 aromatic heterocycles. The number of carbonyl (C=O) groups is 2. The highest BCUT2D eigenvalue weighted by Gasteiger charge is 2.40. The predicted octanol–water partition coefficient (Wildman–Crippen LogP) is 1.94. The van der Waals surface area contributed by atoms with E-state index in [-0.39, 0.29) is 18.5 Å². The summed E-state index contributed by atoms with van der Waals surface area (Å²) in [5.41, 5.74) is 3.90. The van der Waals surface area contributed by atoms with Gasteiger partial charge in [0.2, 0.25) is 5.91 Å². The molecule has 2 aromatic rings. The number of benzene rings is 2. The maximum Gasteiger partial charge on any atom is 0.314 e. The van der Waals surface area contributed by atoms with Crippen molar-refractivity contribution in [2.75, 3.05) is 54.2 Å². The normalized spacial score (nSPS) is 20.6. The third-order valence-electron chi connectivity index (χ3n) is 9.10. The van der Waals surface area contributed by atoms with Crippen LogP contribution in [-0.2, 0) is 17.8 Å². The molecular formula is C33H45Cl2N5O7S. The summed E-state index contributed by atoms with van der Waals surface area (Å²) in [6, 6.07) is 11.7. The quantitative estimate of drug-likeness (QED) is 0.135. The second kappa shape index (κ2) is 17.1. The molecule has 2 fully saturated rings. The van der Waals surface area contributed by atoms with E-state index in [9.17, 15) is 30.0 Å². The molecular weight excluding hydrogens is 681 g/mol. The van der Waals surface area contributed by atoms with E-state index in [4.69, 9.17) is 28.3 Å². The molecule has 7 N–H and O–H groups in total. The Morgan fingerprint density at radius 3 is 2.33 bits per heavy atom. The Morgan fingerprint density at radius 2 is 1.60 bits per heavy atom. The average Bonchev–Trinajstić information content (AvgIpc) is 3.84. The van der Waals surface area contributed by atoms with Crippen molar-refractivity contribution in [1.82, 2.24) is 15.5 Å². The van der Waals surface area contributed by atoms with Crippen molar-refractivity contribution in [3.8, 4) is 0 Å². The third kappa shape index (κ3) is 9.06. The lowest BCUT2D eigenvalue weighted by molar-refractivity contribution is -0.122. The first-order valence-electron chi connectivity index (χ1n) is 16.4. The molecule has 1 saturated heterocycles. The van der Waals surface area contributed by atoms with Crippen LogP contribution >= 0.6 is 35.0 Å². The number of rotatable bonds is 15. The maximum absolute atomic E-state index is 13.9. The SMILES string of the molecule is O=C(NCCCCc1cc(Cl)c(CN2CSC[C@H]2C(=O)N2CCN(C3CC3)c3ccccc32)cc1Cl)NC[C@H](O)[C@@H](O)[C@H](O)[C@H](O)CO. The number of urea groups is 1. The van der Waals surface area contributed by atoms with E-state index < -0.39 is 37.1 Å². The van der Waals surface area contributed by atoms with Crippen LogP contribution < -0.4 is 20.4 Å². The van der Waals surface area contributed by atoms with Crippen molar-refractivity contribution in [3.05, 3.63) is 57.6 Å². The lowest BCUT2D eigenvalue weighted by atomic mass is 10.0. The number of nitrogens with one attached hydrogen (secondary N) is 2. The van der Waals surface area contributed by atoms with Crippen LogP contribution in [-0.4, -0.2) is 123 Å². The number of aliphatic hydroxyl groups excluding tert-OH is 5. The van der Waals surface area contributed by atoms with Gasteiger partial charge in [-0.2, -0.15) is 0 Å². The van der Waals surface area contributed by atoms with Crippen molar-refractivity contribution in [3.63, 3.8) is 0 Å². The van der Waals surface area contributed by atoms with E-state index in [0.717, 1.165) is 47.1 Å². The Labute approximate surface area is 295 Å². The molecule has 0 bridgehead atoms. The van der Waals surface area contributed by atoms with Crippen molar-refractivity contribution in [1.29, 1.82) is 0 Å². The number of carbonyl (C=O) groups excluding carboxylic acids is 2. The standard InChI is InChI=1S/C33H45Cl2N5O7S/c34-23-14-21(24(35)13-20(23)5-3-4-10-36-33(47)37-15-28(42)30(44)31(45)29(43)17-41)16-38-19-48-18-27(38)32(46)40-12-11-39(22-8-9-22)25-6-1-2-7-26(25)40/h1-2,6-7,13-14,22,27-31,41-45H,3-5,8-12,15-19H2,(H2,36,37,47)/t27-,28-,29+,30+,31+/m0/s1. The fourth-order valence-electron chi connectivity index (χ4n) is 6.17. The summed E-state index contributed by atoms with van der Waals surface area (Å²) in [4.78, 5) is 32.6. The van der Waals surface area contributed by atoms with E-state index in [1.807, 2.05) is 29.2 Å². The number of aliphatic hydroxyl groups is 5. The van der Waals surface area contributed by atoms with Gasteiger partial charge in [0.1, 0.15) is 18.3 Å². The highest BCUT2D eigenvalue weighted by molar-refractivity contribution is 7.99. The van der Waals surface area contributed by atoms with Crippen molar-refractivity contribution in [2.24, 2.45) is 0 Å². The molecule has 0 unspecified atom stereocenters. The minimum absolute atomic E-state index is 0.120. The van der Waals surface area contributed by atoms with Gasteiger partial charge in [0.05, 0.1) is 30.1 Å². The van der Waals surface area contributed by atoms with Gasteiger partial charge in [-0.05, 0) is 67.5 Å². The van der Waals surface area contributed by atoms with Crippen LogP contribution in [0.1, 0.15) is 36.8 Å². The molecule has 2 heterocycles. The molecule has 1 saturated carbocycles. The van der Waals surface area contributed by atoms with Gasteiger partial charge < -0.3 is 46.0 Å². The number of thioether (sulfide) groups is 1. The molecule has 2 aromatic carbocycles. The number of nitrogens with zero attached hydrogens (tertiary/aromatic N) is 3. The van der Waals surface area contributed by atoms with Crippen LogP contribution in [0.5, 0.6) is 0 Å². The summed E-state index contributed by atoms with van der Waals surface area (Å²) >= 11 is 15.2. The van der Waals surface area contributed by atoms with Crippen molar-refractivity contribution in [2.45, 2.75) is 75.1 Å². The number of unbranched alkanes of at least 4 members (excludes halogenated alkanes) is 1. The fraction of sp³-hybridized carbons (Fsp3) is 0.576. The molecule has 264 valence electrons. The van der Waals surface area contributed by atoms with Gasteiger partial charge in [0, 0.05) is 60.4 Å². The van der Waals surface area contributed by atoms with Gasteiger partial charge in [-0.25, -0.2) is 4.79 Å². The van der Waals surface area contributed by atoms with Crippen LogP contribution in [0.15, 0.2) is 36.4 Å². The lowest BCUT2D eigenvalue weighted by Gasteiger charge is -2.39. The van der Waals surface area contributed by atoms with E-state index in [1.54, 1.807) is 11.8 Å². The number of halogens is 2. The number of anilines is 2. The first-order chi connectivity index (χ1) is 23.1. The predicted molar refractivity (Wildman–Crippen MR) is 188 cm³/mol. The van der Waals surface area contributed by atoms with E-state index in [2.05, 4.69) is 32.6 Å². The summed E-state index contributed by atoms with van der Waals surface area (Å²) in [6.45, 7) is 1.24. The van der Waals surface area contributed by atoms with E-state index >= 15 is 0 Å². The zero-order chi connectivity index (χ0) is 34.4. The molecule has 0 spiro atoms. The summed E-state index contributed by atoms with van der Waals surface area (Å²) in [7, 11) is 0. The maximum atomic E-state index is 13.9. The lowest BCUT2D eigenvalue weighted by Crippen LogP contribution is -2.52. The van der Waals surface area contributed by atoms with E-state index in [0.29, 0.717) is 48.6 Å². The smallest absolute Gasteiger partial charge is 0.314 e. The Bertz CT molecular complexity index is 1420. The molecule has 48 heavy (non-hydrogen) atoms. The first kappa shape index (κ1) is 36.9. The molecule has 1 aliphatic carbocycles. The van der Waals surface area contributed by atoms with Gasteiger partial charge >= 0.3 is 6.03 Å². The van der Waals surface area contributed by atoms with Crippen LogP contribution in [0, 0.1) is 0 Å². The van der Waals surface area contributed by atoms with Gasteiger partial charge in [-0.15, -0.1) is 11.8 Å². The highest BCUT2D eigenvalue weighted by atomic mass is 35.5. The molecule has 2 aliphatic heterocycles. The highest BCUT2D eigenvalue weighted by Crippen LogP contribution is 2.41. The zero-order valence-corrected chi connectivity index (χ0v) is 29.0. The van der Waals surface area contributed by atoms with Gasteiger partial charge in [0.15, 0.2) is 0 Å². The van der Waals surface area contributed by atoms with Gasteiger partial charge in [-0.3, -0.25) is 9.69 Å². The molecule has 0 radical (unpaired) electrons. The summed E-state index contributed by atoms with van der Waals surface area (Å²) in [5.74, 6) is 1.57. The number of aryl methyl sites for hydroxylation is 1. The Balaban J connectivity index is 1.07. The van der Waals surface area contributed by atoms with Crippen LogP contribution in [0.2, 0.25) is 10.0 Å². The molecule has 12 nitrogen and oxygen atoms in total. The minimum Gasteiger partial charge on any atom is -0.394 e.